The van der Waals surface area contributed by atoms with Crippen LogP contribution in [-0.2, 0) is 16.0 Å². The number of carbonyl (C=O) groups excluding carboxylic acids is 1. The molecule has 0 saturated heterocycles. The van der Waals surface area contributed by atoms with Crippen LogP contribution in [0.4, 0.5) is 17.6 Å². The van der Waals surface area contributed by atoms with Crippen LogP contribution < -0.4 is 5.32 Å². The molecule has 0 aliphatic rings. The Morgan fingerprint density at radius 1 is 1.26 bits per heavy atom. The number of nitrogens with one attached hydrogen (secondary N) is 1. The minimum absolute atomic E-state index is 0. The highest BCUT2D eigenvalue weighted by Crippen LogP contribution is 2.30. The number of hydrogen-bond donors (Lipinski definition) is 1. The van der Waals surface area contributed by atoms with E-state index >= 15 is 0 Å². The summed E-state index contributed by atoms with van der Waals surface area (Å²) in [7, 11) is -3.21. The summed E-state index contributed by atoms with van der Waals surface area (Å²) >= 11 is 0. The van der Waals surface area contributed by atoms with Gasteiger partial charge in [0.2, 0.25) is 0 Å². The smallest absolute Gasteiger partial charge is 0.350 e. The first-order chi connectivity index (χ1) is 9.88. The van der Waals surface area contributed by atoms with Gasteiger partial charge in [0.1, 0.15) is 15.7 Å². The number of rotatable bonds is 5. The number of alkyl halides is 3. The first kappa shape index (κ1) is 21.7. The van der Waals surface area contributed by atoms with Gasteiger partial charge in [0.05, 0.1) is 11.3 Å². The van der Waals surface area contributed by atoms with Gasteiger partial charge in [-0.1, -0.05) is 0 Å². The number of carbonyl (C=O) groups is 1. The number of sulfone groups is 1. The summed E-state index contributed by atoms with van der Waals surface area (Å²) in [5.74, 6) is -2.25. The van der Waals surface area contributed by atoms with Crippen molar-refractivity contribution in [1.82, 2.24) is 5.32 Å². The summed E-state index contributed by atoms with van der Waals surface area (Å²) in [5.41, 5.74) is -1.74. The van der Waals surface area contributed by atoms with Crippen LogP contribution in [0.25, 0.3) is 0 Å². The first-order valence-electron chi connectivity index (χ1n) is 6.25. The largest absolute Gasteiger partial charge is 0.416 e. The lowest BCUT2D eigenvalue weighted by atomic mass is 10.1. The van der Waals surface area contributed by atoms with Crippen LogP contribution in [-0.4, -0.2) is 32.4 Å². The van der Waals surface area contributed by atoms with E-state index in [1.807, 2.05) is 0 Å². The third-order valence-corrected chi connectivity index (χ3v) is 3.76. The Morgan fingerprint density at radius 3 is 2.30 bits per heavy atom. The molecule has 1 rings (SSSR count). The maximum absolute atomic E-state index is 13.2. The van der Waals surface area contributed by atoms with Gasteiger partial charge in [-0.25, -0.2) is 12.8 Å². The lowest BCUT2D eigenvalue weighted by molar-refractivity contribution is -0.137. The van der Waals surface area contributed by atoms with Crippen molar-refractivity contribution in [3.63, 3.8) is 0 Å². The predicted octanol–water partition coefficient (Wildman–Crippen LogP) is 2.51. The Bertz CT molecular complexity index is 660. The third kappa shape index (κ3) is 7.69. The van der Waals surface area contributed by atoms with E-state index in [-0.39, 0.29) is 25.7 Å². The maximum Gasteiger partial charge on any atom is 0.416 e. The van der Waals surface area contributed by atoms with Gasteiger partial charge >= 0.3 is 6.18 Å². The van der Waals surface area contributed by atoms with E-state index < -0.39 is 44.9 Å². The maximum atomic E-state index is 13.2. The summed E-state index contributed by atoms with van der Waals surface area (Å²) in [6.45, 7) is 1.51. The molecule has 0 aliphatic heterocycles. The van der Waals surface area contributed by atoms with E-state index in [1.54, 1.807) is 0 Å². The molecule has 0 radical (unpaired) electrons. The minimum Gasteiger partial charge on any atom is -0.350 e. The van der Waals surface area contributed by atoms with E-state index in [4.69, 9.17) is 0 Å². The number of halogens is 4. The van der Waals surface area contributed by atoms with Gasteiger partial charge in [0, 0.05) is 17.9 Å². The van der Waals surface area contributed by atoms with Gasteiger partial charge in [0.25, 0.3) is 5.91 Å². The molecule has 1 amide bonds. The monoisotopic (exact) mass is 375 g/mol. The molecule has 23 heavy (non-hydrogen) atoms. The molecule has 1 aromatic carbocycles. The van der Waals surface area contributed by atoms with Crippen LogP contribution in [0.1, 0.15) is 29.3 Å². The third-order valence-electron chi connectivity index (χ3n) is 2.79. The highest BCUT2D eigenvalue weighted by Gasteiger charge is 2.32. The Labute approximate surface area is 138 Å². The quantitative estimate of drug-likeness (QED) is 0.805. The highest BCUT2D eigenvalue weighted by molar-refractivity contribution is 7.90. The SMILES string of the molecule is C[C@@H](CCS(C)(=O)=O)NC(=O)c1cc(F)cc(C(F)(F)F)c1.S. The average molecular weight is 375 g/mol. The van der Waals surface area contributed by atoms with Gasteiger partial charge in [-0.3, -0.25) is 4.79 Å². The van der Waals surface area contributed by atoms with Gasteiger partial charge < -0.3 is 5.32 Å². The van der Waals surface area contributed by atoms with Gasteiger partial charge in [-0.2, -0.15) is 26.7 Å². The molecular weight excluding hydrogens is 358 g/mol. The van der Waals surface area contributed by atoms with Crippen LogP contribution in [0.15, 0.2) is 18.2 Å². The van der Waals surface area contributed by atoms with Crippen molar-refractivity contribution >= 4 is 29.2 Å². The van der Waals surface area contributed by atoms with Crippen molar-refractivity contribution in [1.29, 1.82) is 0 Å². The van der Waals surface area contributed by atoms with Crippen LogP contribution in [0, 0.1) is 5.82 Å². The first-order valence-corrected chi connectivity index (χ1v) is 8.31. The molecule has 0 bridgehead atoms. The standard InChI is InChI=1S/C13H15F4NO3S.H2S/c1-8(3-4-22(2,20)21)18-12(19)9-5-10(13(15,16)17)7-11(14)6-9;/h5-8H,3-4H2,1-2H3,(H,18,19);1H2/t8-;/m0./s1. The molecule has 0 heterocycles. The summed E-state index contributed by atoms with van der Waals surface area (Å²) < 4.78 is 72.9. The molecule has 1 N–H and O–H groups in total. The molecule has 132 valence electrons. The summed E-state index contributed by atoms with van der Waals surface area (Å²) in [5, 5.41) is 2.34. The van der Waals surface area contributed by atoms with Crippen molar-refractivity contribution in [2.45, 2.75) is 25.6 Å². The molecule has 1 atom stereocenters. The van der Waals surface area contributed by atoms with Crippen LogP contribution in [0.2, 0.25) is 0 Å². The van der Waals surface area contributed by atoms with Crippen LogP contribution in [0.3, 0.4) is 0 Å². The molecule has 0 fully saturated rings. The fraction of sp³-hybridized carbons (Fsp3) is 0.462. The van der Waals surface area contributed by atoms with Crippen LogP contribution >= 0.6 is 13.5 Å². The predicted molar refractivity (Wildman–Crippen MR) is 83.0 cm³/mol. The molecule has 0 aromatic heterocycles. The fourth-order valence-electron chi connectivity index (χ4n) is 1.65. The Hall–Kier alpha value is -1.29. The van der Waals surface area contributed by atoms with E-state index in [1.165, 1.54) is 6.92 Å². The zero-order chi connectivity index (χ0) is 17.1. The summed E-state index contributed by atoms with van der Waals surface area (Å²) in [6.07, 6.45) is -3.63. The fourth-order valence-corrected chi connectivity index (χ4v) is 2.44. The van der Waals surface area contributed by atoms with Crippen molar-refractivity contribution in [3.8, 4) is 0 Å². The Balaban J connectivity index is 0.00000484. The van der Waals surface area contributed by atoms with Gasteiger partial charge in [-0.15, -0.1) is 0 Å². The zero-order valence-electron chi connectivity index (χ0n) is 12.4. The molecule has 0 saturated carbocycles. The van der Waals surface area contributed by atoms with E-state index in [0.717, 1.165) is 6.26 Å². The lowest BCUT2D eigenvalue weighted by Gasteiger charge is -2.14. The van der Waals surface area contributed by atoms with Crippen molar-refractivity contribution < 1.29 is 30.8 Å². The Kier molecular flexibility index (Phi) is 7.55. The Morgan fingerprint density at radius 2 is 1.83 bits per heavy atom. The van der Waals surface area contributed by atoms with Crippen molar-refractivity contribution in [2.75, 3.05) is 12.0 Å². The van der Waals surface area contributed by atoms with Gasteiger partial charge in [0.15, 0.2) is 0 Å². The molecule has 0 spiro atoms. The van der Waals surface area contributed by atoms with E-state index in [0.29, 0.717) is 18.2 Å². The molecule has 0 aliphatic carbocycles. The molecule has 10 heteroatoms. The number of hydrogen-bond acceptors (Lipinski definition) is 3. The topological polar surface area (TPSA) is 63.2 Å². The zero-order valence-corrected chi connectivity index (χ0v) is 14.2. The number of amides is 1. The number of benzene rings is 1. The van der Waals surface area contributed by atoms with E-state index in [2.05, 4.69) is 5.32 Å². The second kappa shape index (κ2) is 8.00. The summed E-state index contributed by atoms with van der Waals surface area (Å²) in [4.78, 5) is 11.8. The van der Waals surface area contributed by atoms with Gasteiger partial charge in [-0.05, 0) is 31.5 Å². The molecule has 0 unspecified atom stereocenters. The van der Waals surface area contributed by atoms with E-state index in [9.17, 15) is 30.8 Å². The lowest BCUT2D eigenvalue weighted by Crippen LogP contribution is -2.34. The second-order valence-corrected chi connectivity index (χ2v) is 7.28. The summed E-state index contributed by atoms with van der Waals surface area (Å²) in [6, 6.07) is 0.944. The molecule has 1 aromatic rings. The van der Waals surface area contributed by atoms with Crippen molar-refractivity contribution in [3.05, 3.63) is 35.1 Å². The highest BCUT2D eigenvalue weighted by atomic mass is 32.2. The molecule has 4 nitrogen and oxygen atoms in total. The van der Waals surface area contributed by atoms with Crippen molar-refractivity contribution in [2.24, 2.45) is 0 Å². The molecular formula is C13H17F4NO3S2. The second-order valence-electron chi connectivity index (χ2n) is 5.02. The minimum atomic E-state index is -4.76. The average Bonchev–Trinajstić information content (AvgIpc) is 2.33. The van der Waals surface area contributed by atoms with Crippen LogP contribution in [0.5, 0.6) is 0 Å². The normalized spacial score (nSPS) is 13.1.